The van der Waals surface area contributed by atoms with E-state index < -0.39 is 0 Å². The number of amides is 1. The highest BCUT2D eigenvalue weighted by Gasteiger charge is 2.24. The van der Waals surface area contributed by atoms with Crippen LogP contribution in [0.15, 0.2) is 30.6 Å². The second-order valence-electron chi connectivity index (χ2n) is 5.72. The predicted octanol–water partition coefficient (Wildman–Crippen LogP) is 2.90. The zero-order valence-electron chi connectivity index (χ0n) is 12.4. The van der Waals surface area contributed by atoms with Crippen molar-refractivity contribution in [2.45, 2.75) is 38.1 Å². The number of halogens is 1. The lowest BCUT2D eigenvalue weighted by Gasteiger charge is -2.27. The summed E-state index contributed by atoms with van der Waals surface area (Å²) >= 11 is 0. The Hall–Kier alpha value is -1.72. The lowest BCUT2D eigenvalue weighted by molar-refractivity contribution is -0.117. The zero-order chi connectivity index (χ0) is 14.7. The van der Waals surface area contributed by atoms with Crippen LogP contribution in [-0.2, 0) is 4.79 Å². The molecule has 1 aliphatic rings. The number of nitrogens with one attached hydrogen (secondary N) is 1. The minimum absolute atomic E-state index is 0. The van der Waals surface area contributed by atoms with Crippen LogP contribution in [0.1, 0.15) is 32.1 Å². The van der Waals surface area contributed by atoms with Crippen molar-refractivity contribution in [3.63, 3.8) is 0 Å². The Bertz CT molecular complexity index is 649. The number of anilines is 1. The highest BCUT2D eigenvalue weighted by atomic mass is 35.5. The fourth-order valence-corrected chi connectivity index (χ4v) is 2.98. The van der Waals surface area contributed by atoms with Crippen LogP contribution in [0.2, 0.25) is 0 Å². The fraction of sp³-hybridized carbons (Fsp3) is 0.438. The molecule has 3 N–H and O–H groups in total. The lowest BCUT2D eigenvalue weighted by Crippen LogP contribution is -2.35. The SMILES string of the molecule is Cl.NC1CCCCC1CC(=O)Nc1ccc2nccnc2c1. The fourth-order valence-electron chi connectivity index (χ4n) is 2.98. The van der Waals surface area contributed by atoms with Crippen LogP contribution >= 0.6 is 12.4 Å². The molecule has 6 heteroatoms. The molecule has 1 heterocycles. The van der Waals surface area contributed by atoms with Crippen LogP contribution in [0.25, 0.3) is 11.0 Å². The van der Waals surface area contributed by atoms with Gasteiger partial charge < -0.3 is 11.1 Å². The molecule has 0 saturated heterocycles. The number of hydrogen-bond donors (Lipinski definition) is 2. The van der Waals surface area contributed by atoms with Crippen molar-refractivity contribution in [3.05, 3.63) is 30.6 Å². The largest absolute Gasteiger partial charge is 0.327 e. The molecule has 118 valence electrons. The van der Waals surface area contributed by atoms with Crippen molar-refractivity contribution in [1.82, 2.24) is 9.97 Å². The quantitative estimate of drug-likeness (QED) is 0.911. The Balaban J connectivity index is 0.00000176. The smallest absolute Gasteiger partial charge is 0.224 e. The molecule has 3 rings (SSSR count). The Kier molecular flexibility index (Phi) is 5.69. The first-order chi connectivity index (χ1) is 10.2. The Labute approximate surface area is 136 Å². The van der Waals surface area contributed by atoms with Gasteiger partial charge in [0.15, 0.2) is 0 Å². The van der Waals surface area contributed by atoms with Gasteiger partial charge in [0.1, 0.15) is 0 Å². The summed E-state index contributed by atoms with van der Waals surface area (Å²) in [7, 11) is 0. The third-order valence-electron chi connectivity index (χ3n) is 4.17. The predicted molar refractivity (Wildman–Crippen MR) is 90.0 cm³/mol. The first-order valence-corrected chi connectivity index (χ1v) is 7.48. The number of benzene rings is 1. The van der Waals surface area contributed by atoms with E-state index in [0.717, 1.165) is 29.6 Å². The maximum Gasteiger partial charge on any atom is 0.224 e. The summed E-state index contributed by atoms with van der Waals surface area (Å²) in [4.78, 5) is 20.6. The van der Waals surface area contributed by atoms with Gasteiger partial charge in [0.25, 0.3) is 0 Å². The van der Waals surface area contributed by atoms with Crippen molar-refractivity contribution in [1.29, 1.82) is 0 Å². The van der Waals surface area contributed by atoms with Gasteiger partial charge in [0.2, 0.25) is 5.91 Å². The summed E-state index contributed by atoms with van der Waals surface area (Å²) in [6.45, 7) is 0. The molecule has 0 aliphatic heterocycles. The maximum absolute atomic E-state index is 12.2. The van der Waals surface area contributed by atoms with Crippen molar-refractivity contribution < 1.29 is 4.79 Å². The molecule has 1 aliphatic carbocycles. The summed E-state index contributed by atoms with van der Waals surface area (Å²) < 4.78 is 0. The number of carbonyl (C=O) groups is 1. The summed E-state index contributed by atoms with van der Waals surface area (Å²) in [6.07, 6.45) is 8.25. The molecule has 1 aromatic heterocycles. The highest BCUT2D eigenvalue weighted by Crippen LogP contribution is 2.26. The van der Waals surface area contributed by atoms with Crippen LogP contribution in [0.4, 0.5) is 5.69 Å². The number of nitrogens with zero attached hydrogens (tertiary/aromatic N) is 2. The van der Waals surface area contributed by atoms with Crippen LogP contribution in [0.5, 0.6) is 0 Å². The first-order valence-electron chi connectivity index (χ1n) is 7.48. The van der Waals surface area contributed by atoms with E-state index in [-0.39, 0.29) is 24.4 Å². The van der Waals surface area contributed by atoms with Crippen molar-refractivity contribution >= 4 is 35.0 Å². The molecule has 2 unspecified atom stereocenters. The molecule has 1 amide bonds. The van der Waals surface area contributed by atoms with E-state index in [0.29, 0.717) is 12.3 Å². The minimum atomic E-state index is 0. The summed E-state index contributed by atoms with van der Waals surface area (Å²) in [6, 6.07) is 5.73. The first kappa shape index (κ1) is 16.6. The van der Waals surface area contributed by atoms with E-state index in [1.165, 1.54) is 12.8 Å². The summed E-state index contributed by atoms with van der Waals surface area (Å²) in [5.41, 5.74) is 8.46. The molecule has 0 radical (unpaired) electrons. The van der Waals surface area contributed by atoms with E-state index in [1.807, 2.05) is 18.2 Å². The van der Waals surface area contributed by atoms with E-state index >= 15 is 0 Å². The standard InChI is InChI=1S/C16H20N4O.ClH/c17-13-4-2-1-3-11(13)9-16(21)20-12-5-6-14-15(10-12)19-8-7-18-14;/h5-8,10-11,13H,1-4,9,17H2,(H,20,21);1H. The topological polar surface area (TPSA) is 80.9 Å². The van der Waals surface area contributed by atoms with Gasteiger partial charge in [-0.2, -0.15) is 0 Å². The van der Waals surface area contributed by atoms with E-state index in [2.05, 4.69) is 15.3 Å². The lowest BCUT2D eigenvalue weighted by atomic mass is 9.83. The molecule has 2 aromatic rings. The van der Waals surface area contributed by atoms with Gasteiger partial charge in [-0.05, 0) is 37.0 Å². The third kappa shape index (κ3) is 3.93. The second kappa shape index (κ2) is 7.51. The maximum atomic E-state index is 12.2. The van der Waals surface area contributed by atoms with E-state index in [4.69, 9.17) is 5.73 Å². The van der Waals surface area contributed by atoms with Crippen molar-refractivity contribution in [2.24, 2.45) is 11.7 Å². The third-order valence-corrected chi connectivity index (χ3v) is 4.17. The average molecular weight is 321 g/mol. The molecule has 1 saturated carbocycles. The Morgan fingerprint density at radius 3 is 2.68 bits per heavy atom. The molecule has 1 fully saturated rings. The normalized spacial score (nSPS) is 21.1. The van der Waals surface area contributed by atoms with Gasteiger partial charge in [-0.3, -0.25) is 14.8 Å². The van der Waals surface area contributed by atoms with Crippen LogP contribution in [-0.4, -0.2) is 21.9 Å². The van der Waals surface area contributed by atoms with Gasteiger partial charge in [-0.15, -0.1) is 12.4 Å². The summed E-state index contributed by atoms with van der Waals surface area (Å²) in [5.74, 6) is 0.333. The van der Waals surface area contributed by atoms with Crippen LogP contribution in [0.3, 0.4) is 0 Å². The number of hydrogen-bond acceptors (Lipinski definition) is 4. The Morgan fingerprint density at radius 1 is 1.18 bits per heavy atom. The van der Waals surface area contributed by atoms with Crippen molar-refractivity contribution in [3.8, 4) is 0 Å². The van der Waals surface area contributed by atoms with Gasteiger partial charge in [-0.1, -0.05) is 12.8 Å². The van der Waals surface area contributed by atoms with Gasteiger partial charge >= 0.3 is 0 Å². The second-order valence-corrected chi connectivity index (χ2v) is 5.72. The monoisotopic (exact) mass is 320 g/mol. The van der Waals surface area contributed by atoms with Gasteiger partial charge in [0, 0.05) is 30.5 Å². The van der Waals surface area contributed by atoms with Crippen LogP contribution in [0, 0.1) is 5.92 Å². The molecule has 2 atom stereocenters. The molecule has 0 bridgehead atoms. The van der Waals surface area contributed by atoms with E-state index in [1.54, 1.807) is 12.4 Å². The molecule has 5 nitrogen and oxygen atoms in total. The Morgan fingerprint density at radius 2 is 1.91 bits per heavy atom. The molecular formula is C16H21ClN4O. The number of nitrogens with two attached hydrogens (primary N) is 1. The van der Waals surface area contributed by atoms with Gasteiger partial charge in [0.05, 0.1) is 11.0 Å². The van der Waals surface area contributed by atoms with Gasteiger partial charge in [-0.25, -0.2) is 0 Å². The summed E-state index contributed by atoms with van der Waals surface area (Å²) in [5, 5.41) is 2.94. The number of aromatic nitrogens is 2. The number of carbonyl (C=O) groups excluding carboxylic acids is 1. The number of fused-ring (bicyclic) bond motifs is 1. The highest BCUT2D eigenvalue weighted by molar-refractivity contribution is 5.93. The molecular weight excluding hydrogens is 300 g/mol. The molecule has 22 heavy (non-hydrogen) atoms. The van der Waals surface area contributed by atoms with E-state index in [9.17, 15) is 4.79 Å². The van der Waals surface area contributed by atoms with Crippen molar-refractivity contribution in [2.75, 3.05) is 5.32 Å². The average Bonchev–Trinajstić information content (AvgIpc) is 2.49. The minimum Gasteiger partial charge on any atom is -0.327 e. The zero-order valence-corrected chi connectivity index (χ0v) is 13.2. The number of rotatable bonds is 3. The van der Waals surface area contributed by atoms with Crippen LogP contribution < -0.4 is 11.1 Å². The molecule has 0 spiro atoms. The molecule has 1 aromatic carbocycles.